The zero-order valence-electron chi connectivity index (χ0n) is 15.3. The quantitative estimate of drug-likeness (QED) is 0.605. The van der Waals surface area contributed by atoms with E-state index in [9.17, 15) is 13.2 Å². The van der Waals surface area contributed by atoms with Crippen LogP contribution < -0.4 is 15.4 Å². The van der Waals surface area contributed by atoms with E-state index in [4.69, 9.17) is 0 Å². The number of piperazine rings is 1. The standard InChI is InChI=1S/C17H26F3N5O/c1-21-16(23-11-14-12-24(2)8-9-25(14)3)22-10-13-6-4-5-7-15(13)26-17(18,19)20/h4-7,14H,8-12H2,1-3H3,(H2,21,22,23). The van der Waals surface area contributed by atoms with Crippen molar-refractivity contribution in [1.29, 1.82) is 0 Å². The molecule has 1 atom stereocenters. The molecule has 1 aliphatic heterocycles. The Labute approximate surface area is 152 Å². The van der Waals surface area contributed by atoms with Crippen molar-refractivity contribution in [3.8, 4) is 5.75 Å². The molecule has 1 heterocycles. The molecule has 0 radical (unpaired) electrons. The van der Waals surface area contributed by atoms with Gasteiger partial charge in [0, 0.05) is 51.4 Å². The molecule has 0 spiro atoms. The number of guanidine groups is 1. The Hall–Kier alpha value is -2.00. The molecule has 1 unspecified atom stereocenters. The molecule has 0 aliphatic carbocycles. The van der Waals surface area contributed by atoms with Crippen molar-refractivity contribution in [2.24, 2.45) is 4.99 Å². The van der Waals surface area contributed by atoms with Gasteiger partial charge in [-0.25, -0.2) is 0 Å². The molecule has 0 amide bonds. The van der Waals surface area contributed by atoms with Crippen molar-refractivity contribution in [1.82, 2.24) is 20.4 Å². The van der Waals surface area contributed by atoms with Crippen LogP contribution in [0.25, 0.3) is 0 Å². The molecular formula is C17H26F3N5O. The molecule has 0 aromatic heterocycles. The van der Waals surface area contributed by atoms with Gasteiger partial charge in [0.1, 0.15) is 5.75 Å². The SMILES string of the molecule is CN=C(NCc1ccccc1OC(F)(F)F)NCC1CN(C)CCN1C. The maximum absolute atomic E-state index is 12.5. The van der Waals surface area contributed by atoms with Gasteiger partial charge in [0.05, 0.1) is 0 Å². The number of benzene rings is 1. The third kappa shape index (κ3) is 6.38. The lowest BCUT2D eigenvalue weighted by Gasteiger charge is -2.37. The molecule has 1 saturated heterocycles. The lowest BCUT2D eigenvalue weighted by atomic mass is 10.2. The normalized spacial score (nSPS) is 20.1. The van der Waals surface area contributed by atoms with Crippen LogP contribution in [0.1, 0.15) is 5.56 Å². The molecule has 9 heteroatoms. The fourth-order valence-corrected chi connectivity index (χ4v) is 2.81. The highest BCUT2D eigenvalue weighted by molar-refractivity contribution is 5.79. The monoisotopic (exact) mass is 373 g/mol. The molecule has 6 nitrogen and oxygen atoms in total. The molecule has 1 aromatic carbocycles. The van der Waals surface area contributed by atoms with Gasteiger partial charge in [-0.1, -0.05) is 18.2 Å². The van der Waals surface area contributed by atoms with Crippen LogP contribution in [0.2, 0.25) is 0 Å². The summed E-state index contributed by atoms with van der Waals surface area (Å²) in [5.41, 5.74) is 0.405. The van der Waals surface area contributed by atoms with Crippen LogP contribution in [0.3, 0.4) is 0 Å². The predicted octanol–water partition coefficient (Wildman–Crippen LogP) is 1.50. The number of ether oxygens (including phenoxy) is 1. The van der Waals surface area contributed by atoms with E-state index in [0.717, 1.165) is 19.6 Å². The van der Waals surface area contributed by atoms with Crippen LogP contribution in [0, 0.1) is 0 Å². The van der Waals surface area contributed by atoms with E-state index >= 15 is 0 Å². The Morgan fingerprint density at radius 2 is 1.96 bits per heavy atom. The summed E-state index contributed by atoms with van der Waals surface area (Å²) in [5, 5.41) is 6.27. The average Bonchev–Trinajstić information content (AvgIpc) is 2.58. The van der Waals surface area contributed by atoms with Gasteiger partial charge in [-0.3, -0.25) is 9.89 Å². The highest BCUT2D eigenvalue weighted by Crippen LogP contribution is 2.26. The Bertz CT molecular complexity index is 608. The van der Waals surface area contributed by atoms with E-state index in [2.05, 4.69) is 44.3 Å². The number of aliphatic imine (C=N–C) groups is 1. The number of nitrogens with one attached hydrogen (secondary N) is 2. The second-order valence-electron chi connectivity index (χ2n) is 6.36. The van der Waals surface area contributed by atoms with Crippen LogP contribution in [0.5, 0.6) is 5.75 Å². The summed E-state index contributed by atoms with van der Waals surface area (Å²) in [6.07, 6.45) is -4.71. The molecule has 0 saturated carbocycles. The number of para-hydroxylation sites is 1. The van der Waals surface area contributed by atoms with Crippen LogP contribution in [-0.4, -0.2) is 75.5 Å². The second-order valence-corrected chi connectivity index (χ2v) is 6.36. The van der Waals surface area contributed by atoms with Crippen molar-refractivity contribution in [3.05, 3.63) is 29.8 Å². The molecule has 1 aliphatic rings. The molecule has 2 N–H and O–H groups in total. The fourth-order valence-electron chi connectivity index (χ4n) is 2.81. The van der Waals surface area contributed by atoms with Crippen molar-refractivity contribution >= 4 is 5.96 Å². The number of alkyl halides is 3. The van der Waals surface area contributed by atoms with E-state index in [0.29, 0.717) is 24.1 Å². The predicted molar refractivity (Wildman–Crippen MR) is 95.2 cm³/mol. The highest BCUT2D eigenvalue weighted by Gasteiger charge is 2.32. The first-order valence-electron chi connectivity index (χ1n) is 8.45. The Morgan fingerprint density at radius 3 is 2.65 bits per heavy atom. The summed E-state index contributed by atoms with van der Waals surface area (Å²) in [6.45, 7) is 3.85. The smallest absolute Gasteiger partial charge is 0.405 e. The maximum Gasteiger partial charge on any atom is 0.573 e. The van der Waals surface area contributed by atoms with Gasteiger partial charge in [0.25, 0.3) is 0 Å². The van der Waals surface area contributed by atoms with Crippen molar-refractivity contribution in [3.63, 3.8) is 0 Å². The largest absolute Gasteiger partial charge is 0.573 e. The van der Waals surface area contributed by atoms with Gasteiger partial charge in [-0.05, 0) is 20.2 Å². The molecule has 2 rings (SSSR count). The van der Waals surface area contributed by atoms with E-state index in [-0.39, 0.29) is 12.3 Å². The van der Waals surface area contributed by atoms with Gasteiger partial charge >= 0.3 is 6.36 Å². The molecule has 26 heavy (non-hydrogen) atoms. The van der Waals surface area contributed by atoms with Crippen molar-refractivity contribution < 1.29 is 17.9 Å². The van der Waals surface area contributed by atoms with Crippen LogP contribution in [0.4, 0.5) is 13.2 Å². The first kappa shape index (κ1) is 20.3. The molecular weight excluding hydrogens is 347 g/mol. The minimum absolute atomic E-state index is 0.173. The van der Waals surface area contributed by atoms with E-state index < -0.39 is 6.36 Å². The van der Waals surface area contributed by atoms with E-state index in [1.807, 2.05) is 0 Å². The fraction of sp³-hybridized carbons (Fsp3) is 0.588. The summed E-state index contributed by atoms with van der Waals surface area (Å²) >= 11 is 0. The van der Waals surface area contributed by atoms with E-state index in [1.165, 1.54) is 12.1 Å². The van der Waals surface area contributed by atoms with Crippen LogP contribution >= 0.6 is 0 Å². The van der Waals surface area contributed by atoms with Crippen LogP contribution in [-0.2, 0) is 6.54 Å². The summed E-state index contributed by atoms with van der Waals surface area (Å²) < 4.78 is 41.5. The number of halogens is 3. The number of likely N-dealkylation sites (N-methyl/N-ethyl adjacent to an activating group) is 2. The number of nitrogens with zero attached hydrogens (tertiary/aromatic N) is 3. The summed E-state index contributed by atoms with van der Waals surface area (Å²) in [7, 11) is 5.80. The van der Waals surface area contributed by atoms with E-state index in [1.54, 1.807) is 19.2 Å². The van der Waals surface area contributed by atoms with Crippen molar-refractivity contribution in [2.45, 2.75) is 18.9 Å². The van der Waals surface area contributed by atoms with Crippen molar-refractivity contribution in [2.75, 3.05) is 47.3 Å². The third-order valence-electron chi connectivity index (χ3n) is 4.35. The summed E-state index contributed by atoms with van der Waals surface area (Å²) in [6, 6.07) is 6.41. The van der Waals surface area contributed by atoms with Gasteiger partial charge in [-0.2, -0.15) is 0 Å². The first-order chi connectivity index (χ1) is 12.3. The number of hydrogen-bond donors (Lipinski definition) is 2. The van der Waals surface area contributed by atoms with Gasteiger partial charge in [0.2, 0.25) is 0 Å². The number of rotatable bonds is 5. The Morgan fingerprint density at radius 1 is 1.23 bits per heavy atom. The average molecular weight is 373 g/mol. The summed E-state index contributed by atoms with van der Waals surface area (Å²) in [5.74, 6) is 0.324. The zero-order chi connectivity index (χ0) is 19.2. The van der Waals surface area contributed by atoms with Gasteiger partial charge < -0.3 is 20.3 Å². The van der Waals surface area contributed by atoms with Gasteiger partial charge in [-0.15, -0.1) is 13.2 Å². The molecule has 146 valence electrons. The summed E-state index contributed by atoms with van der Waals surface area (Å²) in [4.78, 5) is 8.69. The van der Waals surface area contributed by atoms with Gasteiger partial charge in [0.15, 0.2) is 5.96 Å². The third-order valence-corrected chi connectivity index (χ3v) is 4.35. The Balaban J connectivity index is 1.89. The lowest BCUT2D eigenvalue weighted by Crippen LogP contribution is -2.55. The first-order valence-corrected chi connectivity index (χ1v) is 8.45. The minimum Gasteiger partial charge on any atom is -0.405 e. The Kier molecular flexibility index (Phi) is 7.10. The lowest BCUT2D eigenvalue weighted by molar-refractivity contribution is -0.274. The minimum atomic E-state index is -4.71. The van der Waals surface area contributed by atoms with Crippen LogP contribution in [0.15, 0.2) is 29.3 Å². The topological polar surface area (TPSA) is 52.1 Å². The second kappa shape index (κ2) is 9.09. The molecule has 0 bridgehead atoms. The highest BCUT2D eigenvalue weighted by atomic mass is 19.4. The zero-order valence-corrected chi connectivity index (χ0v) is 15.3. The molecule has 1 aromatic rings. The number of hydrogen-bond acceptors (Lipinski definition) is 4. The maximum atomic E-state index is 12.5. The molecule has 1 fully saturated rings.